The first-order valence-electron chi connectivity index (χ1n) is 2.02. The van der Waals surface area contributed by atoms with Crippen LogP contribution in [0.25, 0.3) is 0 Å². The molecule has 0 heterocycles. The summed E-state index contributed by atoms with van der Waals surface area (Å²) in [5.74, 6) is 0. The van der Waals surface area contributed by atoms with Gasteiger partial charge < -0.3 is 0 Å². The smallest absolute Gasteiger partial charge is 0.179 e. The van der Waals surface area contributed by atoms with Gasteiger partial charge in [-0.15, -0.1) is 0 Å². The maximum atomic E-state index is 4.00. The Labute approximate surface area is 40.1 Å². The molecule has 0 aromatic heterocycles. The predicted octanol–water partition coefficient (Wildman–Crippen LogP) is 0.128. The Kier molecular flexibility index (Phi) is 4.91. The first kappa shape index (κ1) is 5.48. The molecule has 0 aliphatic carbocycles. The van der Waals surface area contributed by atoms with E-state index in [-0.39, 0.29) is 0 Å². The zero-order chi connectivity index (χ0) is 4.12. The summed E-state index contributed by atoms with van der Waals surface area (Å²) < 4.78 is 0. The summed E-state index contributed by atoms with van der Waals surface area (Å²) in [5.41, 5.74) is 0. The Morgan fingerprint density at radius 2 is 2.40 bits per heavy atom. The lowest BCUT2D eigenvalue weighted by atomic mass is 9.68. The third-order valence-electron chi connectivity index (χ3n) is 0.512. The highest BCUT2D eigenvalue weighted by molar-refractivity contribution is 8.07. The molecular weight excluding hydrogens is 77.7 g/mol. The van der Waals surface area contributed by atoms with E-state index in [0.29, 0.717) is 0 Å². The van der Waals surface area contributed by atoms with E-state index in [2.05, 4.69) is 19.3 Å². The first-order chi connectivity index (χ1) is 2.41. The van der Waals surface area contributed by atoms with Gasteiger partial charge in [0.25, 0.3) is 0 Å². The van der Waals surface area contributed by atoms with Crippen molar-refractivity contribution in [3.63, 3.8) is 0 Å². The normalized spacial score (nSPS) is 6.80. The highest BCUT2D eigenvalue weighted by Gasteiger charge is 1.75. The van der Waals surface area contributed by atoms with Crippen LogP contribution in [0.2, 0.25) is 13.0 Å². The van der Waals surface area contributed by atoms with Crippen LogP contribution in [-0.2, 0) is 0 Å². The second-order valence-electron chi connectivity index (χ2n) is 1.08. The van der Waals surface area contributed by atoms with Crippen LogP contribution in [0.4, 0.5) is 0 Å². The molecule has 0 saturated carbocycles. The van der Waals surface area contributed by atoms with Crippen LogP contribution in [0.1, 0.15) is 0 Å². The van der Waals surface area contributed by atoms with Crippen LogP contribution in [0.15, 0.2) is 0 Å². The highest BCUT2D eigenvalue weighted by atomic mass is 32.1. The van der Waals surface area contributed by atoms with Gasteiger partial charge in [-0.1, -0.05) is 13.0 Å². The predicted molar refractivity (Wildman–Crippen MR) is 34.0 cm³/mol. The average molecular weight is 85.8 g/mol. The van der Waals surface area contributed by atoms with E-state index in [1.165, 1.54) is 13.5 Å². The van der Waals surface area contributed by atoms with E-state index in [1.807, 2.05) is 0 Å². The Balaban J connectivity index is 2.19. The van der Waals surface area contributed by atoms with Crippen LogP contribution in [0.5, 0.6) is 0 Å². The molecule has 0 unspecified atom stereocenters. The van der Waals surface area contributed by atoms with E-state index in [9.17, 15) is 0 Å². The minimum Gasteiger partial charge on any atom is -0.232 e. The van der Waals surface area contributed by atoms with Crippen LogP contribution >= 0.6 is 12.5 Å². The Morgan fingerprint density at radius 3 is 2.40 bits per heavy atom. The molecule has 0 bridgehead atoms. The molecule has 0 nitrogen and oxygen atoms in total. The SMILES string of the molecule is CBCBS. The zero-order valence-corrected chi connectivity index (χ0v) is 4.46. The largest absolute Gasteiger partial charge is 0.232 e. The lowest BCUT2D eigenvalue weighted by Crippen LogP contribution is -1.82. The molecule has 0 aromatic carbocycles. The molecule has 0 N–H and O–H groups in total. The summed E-state index contributed by atoms with van der Waals surface area (Å²) in [5, 5.41) is 0. The summed E-state index contributed by atoms with van der Waals surface area (Å²) in [4.78, 5) is 0. The topological polar surface area (TPSA) is 0 Å². The number of thiol groups is 1. The summed E-state index contributed by atoms with van der Waals surface area (Å²) in [6.45, 7) is 3.20. The van der Waals surface area contributed by atoms with Crippen molar-refractivity contribution in [1.82, 2.24) is 0 Å². The first-order valence-corrected chi connectivity index (χ1v) is 2.66. The van der Waals surface area contributed by atoms with Crippen molar-refractivity contribution in [3.8, 4) is 0 Å². The molecule has 0 aliphatic heterocycles. The van der Waals surface area contributed by atoms with Crippen molar-refractivity contribution in [3.05, 3.63) is 0 Å². The van der Waals surface area contributed by atoms with Crippen LogP contribution < -0.4 is 0 Å². The Bertz CT molecular complexity index is 15.1. The Hall–Kier alpha value is 0.480. The van der Waals surface area contributed by atoms with Crippen molar-refractivity contribution in [2.45, 2.75) is 13.0 Å². The Morgan fingerprint density at radius 1 is 1.80 bits per heavy atom. The van der Waals surface area contributed by atoms with Crippen molar-refractivity contribution in [1.29, 1.82) is 0 Å². The van der Waals surface area contributed by atoms with Gasteiger partial charge >= 0.3 is 0 Å². The molecule has 5 heavy (non-hydrogen) atoms. The van der Waals surface area contributed by atoms with Crippen LogP contribution in [0.3, 0.4) is 0 Å². The molecular formula is C2H8B2S. The van der Waals surface area contributed by atoms with E-state index in [4.69, 9.17) is 0 Å². The second-order valence-corrected chi connectivity index (χ2v) is 1.52. The quantitative estimate of drug-likeness (QED) is 0.358. The molecule has 0 spiro atoms. The van der Waals surface area contributed by atoms with Gasteiger partial charge in [-0.25, -0.2) is 12.5 Å². The molecule has 3 heteroatoms. The summed E-state index contributed by atoms with van der Waals surface area (Å²) in [6.07, 6.45) is 1.25. The minimum atomic E-state index is 1.04. The fourth-order valence-electron chi connectivity index (χ4n) is 0.158. The fourth-order valence-corrected chi connectivity index (χ4v) is 0.474. The molecule has 0 aromatic rings. The molecule has 0 atom stereocenters. The summed E-state index contributed by atoms with van der Waals surface area (Å²) >= 11 is 4.00. The van der Waals surface area contributed by atoms with Gasteiger partial charge in [-0.05, 0) is 0 Å². The molecule has 0 saturated heterocycles. The zero-order valence-electron chi connectivity index (χ0n) is 3.57. The monoisotopic (exact) mass is 86.1 g/mol. The van der Waals surface area contributed by atoms with E-state index in [1.54, 1.807) is 0 Å². The van der Waals surface area contributed by atoms with E-state index in [0.717, 1.165) is 6.56 Å². The lowest BCUT2D eigenvalue weighted by molar-refractivity contribution is 1.99. The number of hydrogen-bond acceptors (Lipinski definition) is 1. The average Bonchev–Trinajstić information content (AvgIpc) is 1.41. The van der Waals surface area contributed by atoms with Crippen molar-refractivity contribution >= 4 is 26.3 Å². The van der Waals surface area contributed by atoms with E-state index < -0.39 is 0 Å². The lowest BCUT2D eigenvalue weighted by Gasteiger charge is -1.72. The molecule has 0 radical (unpaired) electrons. The molecule has 0 fully saturated rings. The van der Waals surface area contributed by atoms with Crippen molar-refractivity contribution < 1.29 is 0 Å². The van der Waals surface area contributed by atoms with Gasteiger partial charge in [0.15, 0.2) is 6.56 Å². The maximum Gasteiger partial charge on any atom is 0.179 e. The van der Waals surface area contributed by atoms with Crippen LogP contribution in [0, 0.1) is 0 Å². The third-order valence-corrected chi connectivity index (χ3v) is 0.828. The standard InChI is InChI=1S/C2H8B2S/c1-3-2-4-5/h3-5H,2H2,1H3. The summed E-state index contributed by atoms with van der Waals surface area (Å²) in [7, 11) is 1.27. The highest BCUT2D eigenvalue weighted by Crippen LogP contribution is 1.74. The summed E-state index contributed by atoms with van der Waals surface area (Å²) in [6, 6.07) is 0. The van der Waals surface area contributed by atoms with Gasteiger partial charge in [-0.3, -0.25) is 0 Å². The van der Waals surface area contributed by atoms with Gasteiger partial charge in [0.1, 0.15) is 7.28 Å². The van der Waals surface area contributed by atoms with Gasteiger partial charge in [-0.2, -0.15) is 0 Å². The van der Waals surface area contributed by atoms with Crippen molar-refractivity contribution in [2.24, 2.45) is 0 Å². The van der Waals surface area contributed by atoms with Gasteiger partial charge in [0.2, 0.25) is 0 Å². The number of hydrogen-bond donors (Lipinski definition) is 1. The van der Waals surface area contributed by atoms with Crippen LogP contribution in [-0.4, -0.2) is 13.8 Å². The fraction of sp³-hybridized carbons (Fsp3) is 1.00. The van der Waals surface area contributed by atoms with E-state index >= 15 is 0 Å². The third kappa shape index (κ3) is 4.48. The van der Waals surface area contributed by atoms with Gasteiger partial charge in [0, 0.05) is 0 Å². The molecule has 0 amide bonds. The second kappa shape index (κ2) is 4.48. The molecule has 0 rings (SSSR count). The number of rotatable bonds is 2. The van der Waals surface area contributed by atoms with Gasteiger partial charge in [0.05, 0.1) is 0 Å². The minimum absolute atomic E-state index is 1.04. The molecule has 28 valence electrons. The van der Waals surface area contributed by atoms with Crippen molar-refractivity contribution in [2.75, 3.05) is 0 Å². The molecule has 0 aliphatic rings. The maximum absolute atomic E-state index is 4.00.